The predicted molar refractivity (Wildman–Crippen MR) is 57.6 cm³/mol. The lowest BCUT2D eigenvalue weighted by atomic mass is 10.1. The molecule has 0 bridgehead atoms. The van der Waals surface area contributed by atoms with Gasteiger partial charge in [-0.1, -0.05) is 18.2 Å². The second-order valence-electron chi connectivity index (χ2n) is 4.01. The number of halogens is 1. The average Bonchev–Trinajstić information content (AvgIpc) is 2.74. The van der Waals surface area contributed by atoms with Gasteiger partial charge < -0.3 is 5.11 Å². The number of hydrogen-bond donors (Lipinski definition) is 1. The number of rotatable bonds is 3. The van der Waals surface area contributed by atoms with E-state index in [1.807, 2.05) is 4.90 Å². The van der Waals surface area contributed by atoms with Crippen molar-refractivity contribution in [2.45, 2.75) is 18.9 Å². The van der Waals surface area contributed by atoms with Gasteiger partial charge in [-0.15, -0.1) is 0 Å². The van der Waals surface area contributed by atoms with Crippen molar-refractivity contribution in [1.29, 1.82) is 0 Å². The Morgan fingerprint density at radius 1 is 1.31 bits per heavy atom. The molecule has 1 aliphatic heterocycles. The van der Waals surface area contributed by atoms with Gasteiger partial charge in [0.25, 0.3) is 0 Å². The van der Waals surface area contributed by atoms with Gasteiger partial charge in [-0.25, -0.2) is 4.39 Å². The Morgan fingerprint density at radius 2 is 1.94 bits per heavy atom. The van der Waals surface area contributed by atoms with Crippen molar-refractivity contribution in [1.82, 2.24) is 4.90 Å². The highest BCUT2D eigenvalue weighted by Crippen LogP contribution is 2.26. The van der Waals surface area contributed by atoms with Crippen molar-refractivity contribution in [3.63, 3.8) is 0 Å². The van der Waals surface area contributed by atoms with Gasteiger partial charge in [0.05, 0.1) is 0 Å². The van der Waals surface area contributed by atoms with E-state index in [9.17, 15) is 14.3 Å². The zero-order valence-electron chi connectivity index (χ0n) is 8.90. The van der Waals surface area contributed by atoms with E-state index >= 15 is 0 Å². The fraction of sp³-hybridized carbons (Fsp3) is 0.417. The second-order valence-corrected chi connectivity index (χ2v) is 4.01. The number of carbonyl (C=O) groups is 1. The van der Waals surface area contributed by atoms with Crippen LogP contribution in [0.2, 0.25) is 0 Å². The second kappa shape index (κ2) is 4.61. The Balaban J connectivity index is 2.32. The van der Waals surface area contributed by atoms with Crippen molar-refractivity contribution in [2.75, 3.05) is 13.1 Å². The molecule has 0 unspecified atom stereocenters. The Kier molecular flexibility index (Phi) is 3.19. The van der Waals surface area contributed by atoms with Crippen molar-refractivity contribution >= 4 is 5.97 Å². The van der Waals surface area contributed by atoms with E-state index in [-0.39, 0.29) is 5.56 Å². The van der Waals surface area contributed by atoms with Crippen molar-refractivity contribution in [3.05, 3.63) is 35.6 Å². The Morgan fingerprint density at radius 3 is 2.50 bits per heavy atom. The van der Waals surface area contributed by atoms with Crippen LogP contribution in [0.15, 0.2) is 24.3 Å². The normalized spacial score (nSPS) is 18.6. The first-order chi connectivity index (χ1) is 7.70. The molecule has 0 aliphatic carbocycles. The Hall–Kier alpha value is -1.42. The fourth-order valence-corrected chi connectivity index (χ4v) is 2.18. The first kappa shape index (κ1) is 11.1. The standard InChI is InChI=1S/C12H14FNO2/c13-10-6-2-1-5-9(10)11(12(15)16)14-7-3-4-8-14/h1-2,5-6,11H,3-4,7-8H2,(H,15,16)/t11-/m1/s1. The maximum atomic E-state index is 13.6. The van der Waals surface area contributed by atoms with Gasteiger partial charge in [-0.2, -0.15) is 0 Å². The van der Waals surface area contributed by atoms with Crippen molar-refractivity contribution in [2.24, 2.45) is 0 Å². The number of likely N-dealkylation sites (tertiary alicyclic amines) is 1. The summed E-state index contributed by atoms with van der Waals surface area (Å²) < 4.78 is 13.6. The van der Waals surface area contributed by atoms with Crippen molar-refractivity contribution < 1.29 is 14.3 Å². The highest BCUT2D eigenvalue weighted by molar-refractivity contribution is 5.75. The molecule has 0 saturated carbocycles. The Labute approximate surface area is 93.5 Å². The van der Waals surface area contributed by atoms with Crippen LogP contribution in [0.4, 0.5) is 4.39 Å². The third-order valence-corrected chi connectivity index (χ3v) is 2.94. The van der Waals surface area contributed by atoms with Gasteiger partial charge in [0.1, 0.15) is 11.9 Å². The molecule has 1 atom stereocenters. The summed E-state index contributed by atoms with van der Waals surface area (Å²) in [6, 6.07) is 5.25. The molecule has 1 N–H and O–H groups in total. The van der Waals surface area contributed by atoms with Crippen molar-refractivity contribution in [3.8, 4) is 0 Å². The molecule has 1 aromatic carbocycles. The molecule has 1 aliphatic rings. The minimum absolute atomic E-state index is 0.261. The van der Waals surface area contributed by atoms with E-state index in [2.05, 4.69) is 0 Å². The number of benzene rings is 1. The molecule has 0 radical (unpaired) electrons. The van der Waals surface area contributed by atoms with E-state index in [1.54, 1.807) is 18.2 Å². The smallest absolute Gasteiger partial charge is 0.325 e. The molecular weight excluding hydrogens is 209 g/mol. The lowest BCUT2D eigenvalue weighted by Gasteiger charge is -2.24. The van der Waals surface area contributed by atoms with Crippen LogP contribution in [0.5, 0.6) is 0 Å². The molecule has 86 valence electrons. The summed E-state index contributed by atoms with van der Waals surface area (Å²) in [4.78, 5) is 13.1. The molecule has 16 heavy (non-hydrogen) atoms. The molecule has 1 heterocycles. The van der Waals surface area contributed by atoms with E-state index < -0.39 is 17.8 Å². The Bertz CT molecular complexity index is 388. The van der Waals surface area contributed by atoms with E-state index in [0.29, 0.717) is 0 Å². The summed E-state index contributed by atoms with van der Waals surface area (Å²) in [5.74, 6) is -1.42. The lowest BCUT2D eigenvalue weighted by Crippen LogP contribution is -2.32. The predicted octanol–water partition coefficient (Wildman–Crippen LogP) is 2.05. The molecule has 0 spiro atoms. The third-order valence-electron chi connectivity index (χ3n) is 2.94. The fourth-order valence-electron chi connectivity index (χ4n) is 2.18. The highest BCUT2D eigenvalue weighted by Gasteiger charge is 2.31. The van der Waals surface area contributed by atoms with Crippen LogP contribution in [-0.4, -0.2) is 29.1 Å². The van der Waals surface area contributed by atoms with Gasteiger partial charge in [-0.3, -0.25) is 9.69 Å². The average molecular weight is 223 g/mol. The maximum absolute atomic E-state index is 13.6. The van der Waals surface area contributed by atoms with Crippen LogP contribution in [0, 0.1) is 5.82 Å². The minimum Gasteiger partial charge on any atom is -0.480 e. The van der Waals surface area contributed by atoms with Gasteiger partial charge in [-0.05, 0) is 32.0 Å². The number of carboxylic acid groups (broad SMARTS) is 1. The summed E-state index contributed by atoms with van der Waals surface area (Å²) in [5.41, 5.74) is 0.261. The lowest BCUT2D eigenvalue weighted by molar-refractivity contribution is -0.143. The number of hydrogen-bond acceptors (Lipinski definition) is 2. The van der Waals surface area contributed by atoms with Crippen LogP contribution < -0.4 is 0 Å². The summed E-state index contributed by atoms with van der Waals surface area (Å²) in [7, 11) is 0. The summed E-state index contributed by atoms with van der Waals surface area (Å²) in [6.45, 7) is 1.45. The van der Waals surface area contributed by atoms with Gasteiger partial charge >= 0.3 is 5.97 Å². The first-order valence-corrected chi connectivity index (χ1v) is 5.41. The maximum Gasteiger partial charge on any atom is 0.325 e. The van der Waals surface area contributed by atoms with Crippen LogP contribution in [0.1, 0.15) is 24.4 Å². The molecule has 2 rings (SSSR count). The molecule has 1 fully saturated rings. The molecule has 1 aromatic rings. The molecule has 0 aromatic heterocycles. The van der Waals surface area contributed by atoms with E-state index in [0.717, 1.165) is 25.9 Å². The summed E-state index contributed by atoms with van der Waals surface area (Å²) >= 11 is 0. The quantitative estimate of drug-likeness (QED) is 0.852. The highest BCUT2D eigenvalue weighted by atomic mass is 19.1. The van der Waals surface area contributed by atoms with E-state index in [4.69, 9.17) is 0 Å². The molecule has 0 amide bonds. The zero-order chi connectivity index (χ0) is 11.5. The zero-order valence-corrected chi connectivity index (χ0v) is 8.90. The summed E-state index contributed by atoms with van der Waals surface area (Å²) in [6.07, 6.45) is 1.97. The van der Waals surface area contributed by atoms with Crippen LogP contribution in [0.3, 0.4) is 0 Å². The molecule has 4 heteroatoms. The van der Waals surface area contributed by atoms with E-state index in [1.165, 1.54) is 6.07 Å². The minimum atomic E-state index is -0.980. The monoisotopic (exact) mass is 223 g/mol. The van der Waals surface area contributed by atoms with Gasteiger partial charge in [0, 0.05) is 5.56 Å². The molecule has 1 saturated heterocycles. The number of carboxylic acids is 1. The third kappa shape index (κ3) is 2.07. The largest absolute Gasteiger partial charge is 0.480 e. The van der Waals surface area contributed by atoms with Crippen LogP contribution in [-0.2, 0) is 4.79 Å². The number of aliphatic carboxylic acids is 1. The van der Waals surface area contributed by atoms with Crippen LogP contribution >= 0.6 is 0 Å². The first-order valence-electron chi connectivity index (χ1n) is 5.41. The molecule has 3 nitrogen and oxygen atoms in total. The van der Waals surface area contributed by atoms with Gasteiger partial charge in [0.15, 0.2) is 0 Å². The van der Waals surface area contributed by atoms with Crippen LogP contribution in [0.25, 0.3) is 0 Å². The summed E-state index contributed by atoms with van der Waals surface area (Å²) in [5, 5.41) is 9.20. The molecular formula is C12H14FNO2. The topological polar surface area (TPSA) is 40.5 Å². The SMILES string of the molecule is O=C(O)[C@@H](c1ccccc1F)N1CCCC1. The number of nitrogens with zero attached hydrogens (tertiary/aromatic N) is 1. The van der Waals surface area contributed by atoms with Gasteiger partial charge in [0.2, 0.25) is 0 Å².